The summed E-state index contributed by atoms with van der Waals surface area (Å²) in [6, 6.07) is 2.19. The van der Waals surface area contributed by atoms with Crippen molar-refractivity contribution >= 4 is 31.3 Å². The Balaban J connectivity index is 2.45. The smallest absolute Gasteiger partial charge is 0.417 e. The van der Waals surface area contributed by atoms with E-state index in [1.165, 1.54) is 6.92 Å². The highest BCUT2D eigenvalue weighted by atomic mass is 35.7. The van der Waals surface area contributed by atoms with E-state index in [-0.39, 0.29) is 5.56 Å². The Bertz CT molecular complexity index is 901. The van der Waals surface area contributed by atoms with Crippen molar-refractivity contribution in [1.82, 2.24) is 4.98 Å². The van der Waals surface area contributed by atoms with E-state index in [2.05, 4.69) is 4.98 Å². The Hall–Kier alpha value is -1.58. The standard InChI is InChI=1S/C13H7Cl2F4NO3S/c1-6-2-9(16)10(4-11(6)24(15,21)22)23-12-8(14)3-7(5-20-12)13(17,18)19/h2-5H,1H3. The van der Waals surface area contributed by atoms with Gasteiger partial charge in [0.1, 0.15) is 5.02 Å². The molecule has 0 fully saturated rings. The minimum Gasteiger partial charge on any atom is -0.434 e. The summed E-state index contributed by atoms with van der Waals surface area (Å²) in [5.74, 6) is -2.09. The number of aryl methyl sites for hydroxylation is 1. The number of aromatic nitrogens is 1. The average Bonchev–Trinajstić information content (AvgIpc) is 2.41. The maximum atomic E-state index is 13.9. The lowest BCUT2D eigenvalue weighted by atomic mass is 10.2. The van der Waals surface area contributed by atoms with Crippen LogP contribution < -0.4 is 4.74 Å². The number of hydrogen-bond donors (Lipinski definition) is 0. The summed E-state index contributed by atoms with van der Waals surface area (Å²) >= 11 is 5.64. The Kier molecular flexibility index (Phi) is 4.98. The molecule has 1 aromatic carbocycles. The van der Waals surface area contributed by atoms with E-state index in [1.54, 1.807) is 0 Å². The fraction of sp³-hybridized carbons (Fsp3) is 0.154. The van der Waals surface area contributed by atoms with E-state index in [9.17, 15) is 26.0 Å². The molecule has 0 aliphatic heterocycles. The van der Waals surface area contributed by atoms with Crippen LogP contribution in [-0.4, -0.2) is 13.4 Å². The van der Waals surface area contributed by atoms with Crippen LogP contribution in [0, 0.1) is 12.7 Å². The lowest BCUT2D eigenvalue weighted by Crippen LogP contribution is -2.06. The molecule has 0 saturated heterocycles. The summed E-state index contributed by atoms with van der Waals surface area (Å²) < 4.78 is 79.3. The molecule has 0 radical (unpaired) electrons. The lowest BCUT2D eigenvalue weighted by Gasteiger charge is -2.12. The van der Waals surface area contributed by atoms with Crippen molar-refractivity contribution in [2.24, 2.45) is 0 Å². The second-order valence-electron chi connectivity index (χ2n) is 4.60. The van der Waals surface area contributed by atoms with Crippen molar-refractivity contribution in [1.29, 1.82) is 0 Å². The summed E-state index contributed by atoms with van der Waals surface area (Å²) in [6.07, 6.45) is -4.21. The second kappa shape index (κ2) is 6.38. The van der Waals surface area contributed by atoms with Gasteiger partial charge in [-0.1, -0.05) is 11.6 Å². The molecule has 1 heterocycles. The molecule has 2 aromatic rings. The lowest BCUT2D eigenvalue weighted by molar-refractivity contribution is -0.137. The molecular formula is C13H7Cl2F4NO3S. The molecule has 0 unspecified atom stereocenters. The van der Waals surface area contributed by atoms with Crippen molar-refractivity contribution in [3.63, 3.8) is 0 Å². The fourth-order valence-corrected chi connectivity index (χ4v) is 3.13. The topological polar surface area (TPSA) is 56.3 Å². The highest BCUT2D eigenvalue weighted by Crippen LogP contribution is 2.36. The summed E-state index contributed by atoms with van der Waals surface area (Å²) in [5.41, 5.74) is -1.09. The molecule has 2 rings (SSSR count). The number of benzene rings is 1. The summed E-state index contributed by atoms with van der Waals surface area (Å²) in [5, 5.41) is -0.528. The first-order chi connectivity index (χ1) is 10.9. The van der Waals surface area contributed by atoms with E-state index in [1.807, 2.05) is 0 Å². The molecular weight excluding hydrogens is 397 g/mol. The zero-order valence-electron chi connectivity index (χ0n) is 11.7. The molecule has 0 aliphatic rings. The van der Waals surface area contributed by atoms with Crippen LogP contribution in [0.4, 0.5) is 17.6 Å². The number of halogens is 6. The first-order valence-corrected chi connectivity index (χ1v) is 8.73. The Labute approximate surface area is 143 Å². The number of alkyl halides is 3. The van der Waals surface area contributed by atoms with Gasteiger partial charge in [0.15, 0.2) is 11.6 Å². The Morgan fingerprint density at radius 3 is 2.33 bits per heavy atom. The molecule has 24 heavy (non-hydrogen) atoms. The monoisotopic (exact) mass is 403 g/mol. The van der Waals surface area contributed by atoms with E-state index in [0.29, 0.717) is 12.3 Å². The first-order valence-electron chi connectivity index (χ1n) is 6.05. The van der Waals surface area contributed by atoms with Gasteiger partial charge in [-0.15, -0.1) is 0 Å². The number of pyridine rings is 1. The largest absolute Gasteiger partial charge is 0.434 e. The molecule has 1 aromatic heterocycles. The third-order valence-electron chi connectivity index (χ3n) is 2.83. The second-order valence-corrected chi connectivity index (χ2v) is 7.54. The van der Waals surface area contributed by atoms with Crippen molar-refractivity contribution in [2.75, 3.05) is 0 Å². The third kappa shape index (κ3) is 4.08. The molecule has 0 saturated carbocycles. The van der Waals surface area contributed by atoms with Crippen LogP contribution in [0.25, 0.3) is 0 Å². The summed E-state index contributed by atoms with van der Waals surface area (Å²) in [4.78, 5) is 2.96. The van der Waals surface area contributed by atoms with Crippen molar-refractivity contribution in [3.8, 4) is 11.6 Å². The molecule has 11 heteroatoms. The maximum absolute atomic E-state index is 13.9. The highest BCUT2D eigenvalue weighted by molar-refractivity contribution is 8.13. The van der Waals surface area contributed by atoms with Crippen LogP contribution in [0.5, 0.6) is 11.6 Å². The van der Waals surface area contributed by atoms with E-state index in [0.717, 1.165) is 12.1 Å². The van der Waals surface area contributed by atoms with Crippen molar-refractivity contribution in [2.45, 2.75) is 18.0 Å². The molecule has 0 bridgehead atoms. The van der Waals surface area contributed by atoms with Gasteiger partial charge in [-0.25, -0.2) is 17.8 Å². The van der Waals surface area contributed by atoms with Crippen LogP contribution in [0.1, 0.15) is 11.1 Å². The maximum Gasteiger partial charge on any atom is 0.417 e. The van der Waals surface area contributed by atoms with E-state index < -0.39 is 48.2 Å². The molecule has 0 N–H and O–H groups in total. The van der Waals surface area contributed by atoms with Crippen molar-refractivity contribution in [3.05, 3.63) is 46.4 Å². The molecule has 0 spiro atoms. The molecule has 130 valence electrons. The van der Waals surface area contributed by atoms with Gasteiger partial charge >= 0.3 is 6.18 Å². The molecule has 0 aliphatic carbocycles. The fourth-order valence-electron chi connectivity index (χ4n) is 1.73. The van der Waals surface area contributed by atoms with Crippen LogP contribution in [-0.2, 0) is 15.2 Å². The minimum absolute atomic E-state index is 0.0290. The molecule has 0 amide bonds. The van der Waals surface area contributed by atoms with Gasteiger partial charge in [-0.3, -0.25) is 0 Å². The predicted octanol–water partition coefficient (Wildman–Crippen LogP) is 4.92. The van der Waals surface area contributed by atoms with Crippen LogP contribution in [0.15, 0.2) is 29.3 Å². The zero-order valence-corrected chi connectivity index (χ0v) is 14.0. The zero-order chi connectivity index (χ0) is 18.3. The van der Waals surface area contributed by atoms with Gasteiger partial charge in [0.25, 0.3) is 9.05 Å². The van der Waals surface area contributed by atoms with Gasteiger partial charge in [-0.05, 0) is 24.6 Å². The summed E-state index contributed by atoms with van der Waals surface area (Å²) in [6.45, 7) is 1.31. The van der Waals surface area contributed by atoms with Gasteiger partial charge in [0, 0.05) is 22.9 Å². The quantitative estimate of drug-likeness (QED) is 0.538. The number of hydrogen-bond acceptors (Lipinski definition) is 4. The Morgan fingerprint density at radius 1 is 1.21 bits per heavy atom. The minimum atomic E-state index is -4.66. The molecule has 0 atom stereocenters. The normalized spacial score (nSPS) is 12.3. The first kappa shape index (κ1) is 18.8. The van der Waals surface area contributed by atoms with Crippen LogP contribution in [0.2, 0.25) is 5.02 Å². The van der Waals surface area contributed by atoms with Gasteiger partial charge in [0.05, 0.1) is 10.5 Å². The predicted molar refractivity (Wildman–Crippen MR) is 78.5 cm³/mol. The van der Waals surface area contributed by atoms with Crippen molar-refractivity contribution < 1.29 is 30.7 Å². The van der Waals surface area contributed by atoms with Crippen LogP contribution >= 0.6 is 22.3 Å². The Morgan fingerprint density at radius 2 is 1.83 bits per heavy atom. The number of rotatable bonds is 3. The average molecular weight is 404 g/mol. The van der Waals surface area contributed by atoms with Gasteiger partial charge in [-0.2, -0.15) is 13.2 Å². The molecule has 4 nitrogen and oxygen atoms in total. The van der Waals surface area contributed by atoms with E-state index >= 15 is 0 Å². The third-order valence-corrected chi connectivity index (χ3v) is 4.57. The van der Waals surface area contributed by atoms with E-state index in [4.69, 9.17) is 27.0 Å². The number of nitrogens with zero attached hydrogens (tertiary/aromatic N) is 1. The number of ether oxygens (including phenoxy) is 1. The summed E-state index contributed by atoms with van der Waals surface area (Å²) in [7, 11) is 1.04. The van der Waals surface area contributed by atoms with Gasteiger partial charge < -0.3 is 4.74 Å². The van der Waals surface area contributed by atoms with Crippen LogP contribution in [0.3, 0.4) is 0 Å². The van der Waals surface area contributed by atoms with Gasteiger partial charge in [0.2, 0.25) is 5.88 Å². The highest BCUT2D eigenvalue weighted by Gasteiger charge is 2.32. The SMILES string of the molecule is Cc1cc(F)c(Oc2ncc(C(F)(F)F)cc2Cl)cc1S(=O)(=O)Cl.